The minimum absolute atomic E-state index is 0.168. The lowest BCUT2D eigenvalue weighted by atomic mass is 9.93. The molecule has 0 bridgehead atoms. The third-order valence-corrected chi connectivity index (χ3v) is 3.12. The van der Waals surface area contributed by atoms with Crippen LogP contribution in [-0.4, -0.2) is 20.9 Å². The highest BCUT2D eigenvalue weighted by molar-refractivity contribution is 5.76. The van der Waals surface area contributed by atoms with Crippen LogP contribution in [0.4, 0.5) is 4.39 Å². The number of nitrogens with zero attached hydrogens (tertiary/aromatic N) is 2. The number of benzene rings is 1. The van der Waals surface area contributed by atoms with E-state index in [1.807, 2.05) is 6.92 Å². The van der Waals surface area contributed by atoms with Crippen LogP contribution in [0.1, 0.15) is 18.1 Å². The predicted octanol–water partition coefficient (Wildman–Crippen LogP) is 2.37. The number of aliphatic carboxylic acids is 1. The van der Waals surface area contributed by atoms with Crippen molar-refractivity contribution in [2.24, 2.45) is 0 Å². The van der Waals surface area contributed by atoms with Gasteiger partial charge in [-0.05, 0) is 37.1 Å². The first-order chi connectivity index (χ1) is 8.91. The van der Waals surface area contributed by atoms with Gasteiger partial charge >= 0.3 is 5.97 Å². The second-order valence-electron chi connectivity index (χ2n) is 4.85. The van der Waals surface area contributed by atoms with Gasteiger partial charge in [-0.15, -0.1) is 0 Å². The molecular weight excluding hydrogens is 247 g/mol. The predicted molar refractivity (Wildman–Crippen MR) is 68.4 cm³/mol. The third kappa shape index (κ3) is 2.65. The van der Waals surface area contributed by atoms with E-state index in [1.165, 1.54) is 16.8 Å². The van der Waals surface area contributed by atoms with Crippen LogP contribution in [-0.2, 0) is 16.8 Å². The molecule has 0 fully saturated rings. The number of hydrogen-bond donors (Lipinski definition) is 1. The number of carboxylic acids is 1. The second kappa shape index (κ2) is 4.84. The van der Waals surface area contributed by atoms with Crippen molar-refractivity contribution in [2.45, 2.75) is 25.8 Å². The first kappa shape index (κ1) is 13.3. The van der Waals surface area contributed by atoms with Gasteiger partial charge in [0.05, 0.1) is 6.20 Å². The molecule has 5 heteroatoms. The Bertz CT molecular complexity index is 609. The maximum Gasteiger partial charge on any atom is 0.331 e. The summed E-state index contributed by atoms with van der Waals surface area (Å²) < 4.78 is 14.6. The Balaban J connectivity index is 2.38. The number of aromatic nitrogens is 2. The Morgan fingerprint density at radius 3 is 2.79 bits per heavy atom. The van der Waals surface area contributed by atoms with E-state index >= 15 is 0 Å². The fourth-order valence-corrected chi connectivity index (χ4v) is 1.98. The molecule has 0 amide bonds. The van der Waals surface area contributed by atoms with Crippen molar-refractivity contribution in [3.05, 3.63) is 53.6 Å². The van der Waals surface area contributed by atoms with E-state index in [0.717, 1.165) is 5.56 Å². The molecule has 2 aromatic rings. The largest absolute Gasteiger partial charge is 0.479 e. The number of carbonyl (C=O) groups is 1. The monoisotopic (exact) mass is 262 g/mol. The molecule has 0 aliphatic rings. The normalized spacial score (nSPS) is 14.1. The van der Waals surface area contributed by atoms with Gasteiger partial charge in [0, 0.05) is 12.6 Å². The Morgan fingerprint density at radius 1 is 1.53 bits per heavy atom. The number of aryl methyl sites for hydroxylation is 1. The lowest BCUT2D eigenvalue weighted by Gasteiger charge is -2.25. The Kier molecular flexibility index (Phi) is 3.38. The van der Waals surface area contributed by atoms with Gasteiger partial charge in [-0.25, -0.2) is 9.18 Å². The highest BCUT2D eigenvalue weighted by Gasteiger charge is 2.36. The summed E-state index contributed by atoms with van der Waals surface area (Å²) in [7, 11) is 0. The van der Waals surface area contributed by atoms with Crippen LogP contribution in [0.2, 0.25) is 0 Å². The van der Waals surface area contributed by atoms with Crippen molar-refractivity contribution in [3.63, 3.8) is 0 Å². The molecule has 1 heterocycles. The quantitative estimate of drug-likeness (QED) is 0.920. The highest BCUT2D eigenvalue weighted by Crippen LogP contribution is 2.22. The molecule has 0 aliphatic heterocycles. The van der Waals surface area contributed by atoms with E-state index < -0.39 is 11.5 Å². The lowest BCUT2D eigenvalue weighted by Crippen LogP contribution is -2.41. The molecule has 2 rings (SSSR count). The number of rotatable bonds is 4. The van der Waals surface area contributed by atoms with E-state index in [2.05, 4.69) is 5.10 Å². The molecule has 0 spiro atoms. The molecule has 4 nitrogen and oxygen atoms in total. The summed E-state index contributed by atoms with van der Waals surface area (Å²) in [6, 6.07) is 5.96. The topological polar surface area (TPSA) is 55.1 Å². The van der Waals surface area contributed by atoms with E-state index in [9.17, 15) is 14.3 Å². The molecule has 100 valence electrons. The van der Waals surface area contributed by atoms with Gasteiger partial charge in [0.15, 0.2) is 5.54 Å². The van der Waals surface area contributed by atoms with Gasteiger partial charge in [-0.3, -0.25) is 4.68 Å². The SMILES string of the molecule is Cc1cnn(C(C)(Cc2cccc(F)c2)C(=O)O)c1. The van der Waals surface area contributed by atoms with Gasteiger partial charge < -0.3 is 5.11 Å². The van der Waals surface area contributed by atoms with Crippen LogP contribution in [0, 0.1) is 12.7 Å². The lowest BCUT2D eigenvalue weighted by molar-refractivity contribution is -0.147. The van der Waals surface area contributed by atoms with E-state index in [0.29, 0.717) is 5.56 Å². The van der Waals surface area contributed by atoms with Crippen LogP contribution >= 0.6 is 0 Å². The maximum absolute atomic E-state index is 13.2. The van der Waals surface area contributed by atoms with Crippen molar-refractivity contribution in [2.75, 3.05) is 0 Å². The van der Waals surface area contributed by atoms with Crippen LogP contribution in [0.5, 0.6) is 0 Å². The second-order valence-corrected chi connectivity index (χ2v) is 4.85. The van der Waals surface area contributed by atoms with Gasteiger partial charge in [0.25, 0.3) is 0 Å². The molecule has 1 N–H and O–H groups in total. The maximum atomic E-state index is 13.2. The highest BCUT2D eigenvalue weighted by atomic mass is 19.1. The summed E-state index contributed by atoms with van der Waals surface area (Å²) in [5.74, 6) is -1.37. The number of carboxylic acid groups (broad SMARTS) is 1. The molecule has 0 saturated heterocycles. The van der Waals surface area contributed by atoms with Crippen LogP contribution in [0.15, 0.2) is 36.7 Å². The van der Waals surface area contributed by atoms with Crippen LogP contribution in [0.3, 0.4) is 0 Å². The standard InChI is InChI=1S/C14H15FN2O2/c1-10-8-16-17(9-10)14(2,13(18)19)7-11-4-3-5-12(15)6-11/h3-6,8-9H,7H2,1-2H3,(H,18,19). The summed E-state index contributed by atoms with van der Waals surface area (Å²) in [6.07, 6.45) is 3.45. The van der Waals surface area contributed by atoms with Crippen molar-refractivity contribution < 1.29 is 14.3 Å². The Morgan fingerprint density at radius 2 is 2.26 bits per heavy atom. The molecule has 0 saturated carbocycles. The van der Waals surface area contributed by atoms with Crippen molar-refractivity contribution >= 4 is 5.97 Å². The molecule has 19 heavy (non-hydrogen) atoms. The molecule has 1 aromatic heterocycles. The minimum Gasteiger partial charge on any atom is -0.479 e. The van der Waals surface area contributed by atoms with Crippen LogP contribution in [0.25, 0.3) is 0 Å². The minimum atomic E-state index is -1.23. The summed E-state index contributed by atoms with van der Waals surface area (Å²) in [5.41, 5.74) is 0.270. The number of hydrogen-bond acceptors (Lipinski definition) is 2. The summed E-state index contributed by atoms with van der Waals surface area (Å²) in [4.78, 5) is 11.6. The van der Waals surface area contributed by atoms with Crippen molar-refractivity contribution in [1.82, 2.24) is 9.78 Å². The average Bonchev–Trinajstić information content (AvgIpc) is 2.76. The van der Waals surface area contributed by atoms with Gasteiger partial charge in [-0.1, -0.05) is 12.1 Å². The third-order valence-electron chi connectivity index (χ3n) is 3.12. The van der Waals surface area contributed by atoms with Gasteiger partial charge in [-0.2, -0.15) is 5.10 Å². The molecule has 1 aromatic carbocycles. The van der Waals surface area contributed by atoms with Crippen molar-refractivity contribution in [3.8, 4) is 0 Å². The molecular formula is C14H15FN2O2. The van der Waals surface area contributed by atoms with Gasteiger partial charge in [0.2, 0.25) is 0 Å². The number of halogens is 1. The zero-order valence-corrected chi connectivity index (χ0v) is 10.8. The van der Waals surface area contributed by atoms with Gasteiger partial charge in [0.1, 0.15) is 5.82 Å². The summed E-state index contributed by atoms with van der Waals surface area (Å²) in [6.45, 7) is 3.42. The average molecular weight is 262 g/mol. The van der Waals surface area contributed by atoms with Crippen molar-refractivity contribution in [1.29, 1.82) is 0 Å². The Labute approximate surface area is 110 Å². The molecule has 0 aliphatic carbocycles. The Hall–Kier alpha value is -2.17. The first-order valence-corrected chi connectivity index (χ1v) is 5.91. The summed E-state index contributed by atoms with van der Waals surface area (Å²) in [5, 5.41) is 13.5. The van der Waals surface area contributed by atoms with Crippen LogP contribution < -0.4 is 0 Å². The first-order valence-electron chi connectivity index (χ1n) is 5.91. The fourth-order valence-electron chi connectivity index (χ4n) is 1.98. The molecule has 0 radical (unpaired) electrons. The van der Waals surface area contributed by atoms with E-state index in [1.54, 1.807) is 31.5 Å². The molecule has 1 atom stereocenters. The zero-order chi connectivity index (χ0) is 14.0. The zero-order valence-electron chi connectivity index (χ0n) is 10.8. The van der Waals surface area contributed by atoms with E-state index in [4.69, 9.17) is 0 Å². The smallest absolute Gasteiger partial charge is 0.331 e. The fraction of sp³-hybridized carbons (Fsp3) is 0.286. The molecule has 1 unspecified atom stereocenters. The summed E-state index contributed by atoms with van der Waals surface area (Å²) >= 11 is 0. The van der Waals surface area contributed by atoms with E-state index in [-0.39, 0.29) is 12.2 Å².